The molecule has 1 heterocycles. The normalized spacial score (nSPS) is 19.1. The van der Waals surface area contributed by atoms with Gasteiger partial charge in [0.05, 0.1) is 6.04 Å². The van der Waals surface area contributed by atoms with Gasteiger partial charge in [-0.25, -0.2) is 4.79 Å². The summed E-state index contributed by atoms with van der Waals surface area (Å²) in [6.07, 6.45) is 0.664. The molecule has 0 aromatic heterocycles. The summed E-state index contributed by atoms with van der Waals surface area (Å²) >= 11 is 0. The molecule has 6 N–H and O–H groups in total. The maximum atomic E-state index is 12.9. The van der Waals surface area contributed by atoms with Gasteiger partial charge in [0.15, 0.2) is 0 Å². The number of hydrogen-bond donors (Lipinski definition) is 5. The van der Waals surface area contributed by atoms with Crippen molar-refractivity contribution in [3.63, 3.8) is 0 Å². The van der Waals surface area contributed by atoms with Crippen LogP contribution < -0.4 is 16.4 Å². The molecule has 1 aliphatic heterocycles. The van der Waals surface area contributed by atoms with E-state index in [-0.39, 0.29) is 24.7 Å². The highest BCUT2D eigenvalue weighted by Crippen LogP contribution is 2.20. The fraction of sp³-hybridized carbons (Fsp3) is 0.750. The molecule has 4 atom stereocenters. The molecule has 1 fully saturated rings. The predicted molar refractivity (Wildman–Crippen MR) is 111 cm³/mol. The number of carbonyl (C=O) groups excluding carboxylic acids is 3. The molecular formula is C20H34N4O7. The first-order chi connectivity index (χ1) is 14.4. The lowest BCUT2D eigenvalue weighted by Gasteiger charge is -2.30. The maximum absolute atomic E-state index is 12.9. The van der Waals surface area contributed by atoms with Crippen molar-refractivity contribution in [3.8, 4) is 0 Å². The molecule has 176 valence electrons. The van der Waals surface area contributed by atoms with E-state index in [0.29, 0.717) is 19.4 Å². The van der Waals surface area contributed by atoms with Gasteiger partial charge in [-0.05, 0) is 31.1 Å². The van der Waals surface area contributed by atoms with Crippen molar-refractivity contribution >= 4 is 29.7 Å². The van der Waals surface area contributed by atoms with E-state index in [4.69, 9.17) is 10.8 Å². The van der Waals surface area contributed by atoms with Crippen LogP contribution in [0.2, 0.25) is 0 Å². The van der Waals surface area contributed by atoms with Gasteiger partial charge in [0, 0.05) is 13.0 Å². The zero-order valence-electron chi connectivity index (χ0n) is 18.5. The van der Waals surface area contributed by atoms with Gasteiger partial charge in [-0.2, -0.15) is 0 Å². The van der Waals surface area contributed by atoms with Crippen LogP contribution in [-0.4, -0.2) is 75.5 Å². The topological polar surface area (TPSA) is 179 Å². The summed E-state index contributed by atoms with van der Waals surface area (Å²) in [5.41, 5.74) is 5.81. The van der Waals surface area contributed by atoms with E-state index in [0.717, 1.165) is 0 Å². The fourth-order valence-corrected chi connectivity index (χ4v) is 3.46. The number of nitrogens with two attached hydrogens (primary N) is 1. The lowest BCUT2D eigenvalue weighted by molar-refractivity contribution is -0.144. The molecule has 0 radical (unpaired) electrons. The van der Waals surface area contributed by atoms with Gasteiger partial charge < -0.3 is 31.5 Å². The van der Waals surface area contributed by atoms with Crippen LogP contribution >= 0.6 is 0 Å². The van der Waals surface area contributed by atoms with Gasteiger partial charge in [-0.15, -0.1) is 0 Å². The number of likely N-dealkylation sites (tertiary alicyclic amines) is 1. The SMILES string of the molecule is CC(C)[C@H](NC(=O)[C@@H](NC(=O)[C@@H]1CCCN1C(=O)[C@@H](N)CCC(=O)O)C(C)C)C(=O)O. The predicted octanol–water partition coefficient (Wildman–Crippen LogP) is -0.464. The van der Waals surface area contributed by atoms with Crippen molar-refractivity contribution in [1.82, 2.24) is 15.5 Å². The first-order valence-corrected chi connectivity index (χ1v) is 10.5. The number of nitrogens with zero attached hydrogens (tertiary/aromatic N) is 1. The minimum absolute atomic E-state index is 0.0399. The smallest absolute Gasteiger partial charge is 0.326 e. The number of carboxylic acid groups (broad SMARTS) is 2. The molecule has 1 saturated heterocycles. The summed E-state index contributed by atoms with van der Waals surface area (Å²) in [5.74, 6) is -4.55. The quantitative estimate of drug-likeness (QED) is 0.285. The van der Waals surface area contributed by atoms with E-state index < -0.39 is 53.8 Å². The summed E-state index contributed by atoms with van der Waals surface area (Å²) in [6.45, 7) is 7.07. The highest BCUT2D eigenvalue weighted by molar-refractivity contribution is 5.94. The monoisotopic (exact) mass is 442 g/mol. The third-order valence-electron chi connectivity index (χ3n) is 5.30. The number of aliphatic carboxylic acids is 2. The Bertz CT molecular complexity index is 695. The van der Waals surface area contributed by atoms with Crippen LogP contribution in [-0.2, 0) is 24.0 Å². The van der Waals surface area contributed by atoms with Gasteiger partial charge in [0.1, 0.15) is 18.1 Å². The van der Waals surface area contributed by atoms with Crippen LogP contribution in [0, 0.1) is 11.8 Å². The second kappa shape index (κ2) is 11.6. The Morgan fingerprint density at radius 2 is 1.58 bits per heavy atom. The number of rotatable bonds is 11. The number of nitrogens with one attached hydrogen (secondary N) is 2. The standard InChI is InChI=1S/C20H34N4O7/c1-10(2)15(18(28)23-16(11(3)4)20(30)31)22-17(27)13-6-5-9-24(13)19(29)12(21)7-8-14(25)26/h10-13,15-16H,5-9,21H2,1-4H3,(H,22,27)(H,23,28)(H,25,26)(H,30,31)/t12-,13-,15-,16-/m0/s1. The minimum Gasteiger partial charge on any atom is -0.481 e. The Balaban J connectivity index is 2.86. The van der Waals surface area contributed by atoms with E-state index in [1.807, 2.05) is 0 Å². The van der Waals surface area contributed by atoms with E-state index in [2.05, 4.69) is 10.6 Å². The molecule has 0 bridgehead atoms. The number of carbonyl (C=O) groups is 5. The van der Waals surface area contributed by atoms with Crippen molar-refractivity contribution < 1.29 is 34.2 Å². The lowest BCUT2D eigenvalue weighted by atomic mass is 9.99. The molecule has 3 amide bonds. The van der Waals surface area contributed by atoms with Crippen LogP contribution in [0.1, 0.15) is 53.4 Å². The minimum atomic E-state index is -1.17. The molecule has 0 spiro atoms. The zero-order valence-corrected chi connectivity index (χ0v) is 18.5. The summed E-state index contributed by atoms with van der Waals surface area (Å²) in [5, 5.41) is 23.2. The molecule has 11 nitrogen and oxygen atoms in total. The zero-order chi connectivity index (χ0) is 23.9. The number of carboxylic acids is 2. The summed E-state index contributed by atoms with van der Waals surface area (Å²) in [4.78, 5) is 61.6. The third-order valence-corrected chi connectivity index (χ3v) is 5.30. The fourth-order valence-electron chi connectivity index (χ4n) is 3.46. The molecule has 11 heteroatoms. The molecule has 1 rings (SSSR count). The summed E-state index contributed by atoms with van der Waals surface area (Å²) in [6, 6.07) is -3.93. The molecule has 1 aliphatic rings. The highest BCUT2D eigenvalue weighted by Gasteiger charge is 2.38. The van der Waals surface area contributed by atoms with E-state index in [1.54, 1.807) is 27.7 Å². The van der Waals surface area contributed by atoms with Crippen LogP contribution in [0.15, 0.2) is 0 Å². The van der Waals surface area contributed by atoms with Crippen LogP contribution in [0.3, 0.4) is 0 Å². The first-order valence-electron chi connectivity index (χ1n) is 10.5. The molecule has 0 aromatic rings. The maximum Gasteiger partial charge on any atom is 0.326 e. The summed E-state index contributed by atoms with van der Waals surface area (Å²) < 4.78 is 0. The van der Waals surface area contributed by atoms with Crippen molar-refractivity contribution in [2.75, 3.05) is 6.54 Å². The van der Waals surface area contributed by atoms with Crippen molar-refractivity contribution in [2.24, 2.45) is 17.6 Å². The van der Waals surface area contributed by atoms with Crippen LogP contribution in [0.25, 0.3) is 0 Å². The van der Waals surface area contributed by atoms with Crippen LogP contribution in [0.5, 0.6) is 0 Å². The highest BCUT2D eigenvalue weighted by atomic mass is 16.4. The van der Waals surface area contributed by atoms with Gasteiger partial charge in [0.2, 0.25) is 17.7 Å². The van der Waals surface area contributed by atoms with Crippen molar-refractivity contribution in [3.05, 3.63) is 0 Å². The van der Waals surface area contributed by atoms with Crippen molar-refractivity contribution in [2.45, 2.75) is 77.5 Å². The lowest BCUT2D eigenvalue weighted by Crippen LogP contribution is -2.58. The molecular weight excluding hydrogens is 408 g/mol. The largest absolute Gasteiger partial charge is 0.481 e. The van der Waals surface area contributed by atoms with E-state index >= 15 is 0 Å². The molecule has 31 heavy (non-hydrogen) atoms. The average molecular weight is 443 g/mol. The Morgan fingerprint density at radius 1 is 1.00 bits per heavy atom. The second-order valence-electron chi connectivity index (χ2n) is 8.53. The van der Waals surface area contributed by atoms with Gasteiger partial charge in [-0.1, -0.05) is 27.7 Å². The molecule has 0 unspecified atom stereocenters. The molecule has 0 aromatic carbocycles. The second-order valence-corrected chi connectivity index (χ2v) is 8.53. The number of amides is 3. The Hall–Kier alpha value is -2.69. The third kappa shape index (κ3) is 7.50. The Morgan fingerprint density at radius 3 is 2.06 bits per heavy atom. The van der Waals surface area contributed by atoms with E-state index in [1.165, 1.54) is 4.90 Å². The van der Waals surface area contributed by atoms with Crippen molar-refractivity contribution in [1.29, 1.82) is 0 Å². The van der Waals surface area contributed by atoms with Gasteiger partial charge in [0.25, 0.3) is 0 Å². The van der Waals surface area contributed by atoms with E-state index in [9.17, 15) is 29.1 Å². The van der Waals surface area contributed by atoms with Gasteiger partial charge >= 0.3 is 11.9 Å². The molecule has 0 saturated carbocycles. The first kappa shape index (κ1) is 26.3. The molecule has 0 aliphatic carbocycles. The Labute approximate surface area is 181 Å². The van der Waals surface area contributed by atoms with Crippen LogP contribution in [0.4, 0.5) is 0 Å². The Kier molecular flexibility index (Phi) is 9.89. The number of hydrogen-bond acceptors (Lipinski definition) is 6. The van der Waals surface area contributed by atoms with Gasteiger partial charge in [-0.3, -0.25) is 19.2 Å². The summed E-state index contributed by atoms with van der Waals surface area (Å²) in [7, 11) is 0. The average Bonchev–Trinajstić information content (AvgIpc) is 3.16.